The highest BCUT2D eigenvalue weighted by Gasteiger charge is 2.22. The Hall–Kier alpha value is -2.76. The van der Waals surface area contributed by atoms with Crippen molar-refractivity contribution in [1.82, 2.24) is 19.3 Å². The van der Waals surface area contributed by atoms with Crippen molar-refractivity contribution in [1.29, 1.82) is 0 Å². The number of anilines is 2. The number of aromatic nitrogens is 4. The van der Waals surface area contributed by atoms with E-state index in [1.165, 1.54) is 5.69 Å². The van der Waals surface area contributed by atoms with Gasteiger partial charge in [0, 0.05) is 52.2 Å². The van der Waals surface area contributed by atoms with Crippen LogP contribution in [0.25, 0.3) is 11.5 Å². The molecule has 0 N–H and O–H groups in total. The summed E-state index contributed by atoms with van der Waals surface area (Å²) in [7, 11) is 4.07. The van der Waals surface area contributed by atoms with Crippen molar-refractivity contribution in [2.24, 2.45) is 14.1 Å². The van der Waals surface area contributed by atoms with Crippen molar-refractivity contribution < 1.29 is 0 Å². The van der Waals surface area contributed by atoms with Crippen LogP contribution in [0.2, 0.25) is 0 Å². The summed E-state index contributed by atoms with van der Waals surface area (Å²) in [4.78, 5) is 4.74. The minimum Gasteiger partial charge on any atom is -0.368 e. The Bertz CT molecular complexity index is 811. The molecule has 0 aliphatic carbocycles. The number of rotatable bonds is 3. The second kappa shape index (κ2) is 6.03. The Morgan fingerprint density at radius 1 is 0.792 bits per heavy atom. The summed E-state index contributed by atoms with van der Waals surface area (Å²) in [5.41, 5.74) is 2.37. The largest absolute Gasteiger partial charge is 0.368 e. The molecule has 0 spiro atoms. The van der Waals surface area contributed by atoms with Crippen molar-refractivity contribution in [3.8, 4) is 11.5 Å². The average Bonchev–Trinajstić information content (AvgIpc) is 3.21. The first-order chi connectivity index (χ1) is 11.7. The van der Waals surface area contributed by atoms with Crippen molar-refractivity contribution >= 4 is 11.6 Å². The zero-order valence-electron chi connectivity index (χ0n) is 14.1. The molecule has 0 amide bonds. The van der Waals surface area contributed by atoms with Gasteiger partial charge in [-0.1, -0.05) is 18.2 Å². The van der Waals surface area contributed by atoms with Crippen LogP contribution in [0, 0.1) is 0 Å². The van der Waals surface area contributed by atoms with Crippen molar-refractivity contribution in [3.63, 3.8) is 0 Å². The predicted molar refractivity (Wildman–Crippen MR) is 96.3 cm³/mol. The molecule has 124 valence electrons. The van der Waals surface area contributed by atoms with Gasteiger partial charge in [0.15, 0.2) is 5.82 Å². The maximum absolute atomic E-state index is 4.44. The maximum atomic E-state index is 4.44. The molecule has 1 aliphatic heterocycles. The van der Waals surface area contributed by atoms with Crippen LogP contribution in [-0.2, 0) is 14.1 Å². The molecule has 1 fully saturated rings. The van der Waals surface area contributed by atoms with Crippen LogP contribution < -0.4 is 9.80 Å². The Labute approximate surface area is 141 Å². The molecule has 3 aromatic rings. The molecular formula is C18H22N6. The van der Waals surface area contributed by atoms with Gasteiger partial charge in [-0.3, -0.25) is 4.57 Å². The molecule has 1 aliphatic rings. The maximum Gasteiger partial charge on any atom is 0.227 e. The lowest BCUT2D eigenvalue weighted by molar-refractivity contribution is 0.630. The summed E-state index contributed by atoms with van der Waals surface area (Å²) in [5.74, 6) is 1.85. The third-order valence-corrected chi connectivity index (χ3v) is 4.71. The lowest BCUT2D eigenvalue weighted by atomic mass is 10.2. The lowest BCUT2D eigenvalue weighted by Crippen LogP contribution is -2.47. The third-order valence-electron chi connectivity index (χ3n) is 4.71. The van der Waals surface area contributed by atoms with E-state index in [1.54, 1.807) is 0 Å². The van der Waals surface area contributed by atoms with Crippen molar-refractivity contribution in [2.75, 3.05) is 36.0 Å². The molecule has 6 heteroatoms. The van der Waals surface area contributed by atoms with Gasteiger partial charge in [-0.15, -0.1) is 10.2 Å². The molecule has 2 aromatic heterocycles. The van der Waals surface area contributed by atoms with Gasteiger partial charge in [-0.25, -0.2) is 0 Å². The number of benzene rings is 1. The number of piperazine rings is 1. The quantitative estimate of drug-likeness (QED) is 0.741. The standard InChI is InChI=1S/C18H22N6/c1-21-10-6-9-16(21)17-19-20-18(22(17)2)24-13-11-23(12-14-24)15-7-4-3-5-8-15/h3-10H,11-14H2,1-2H3. The molecular weight excluding hydrogens is 300 g/mol. The summed E-state index contributed by atoms with van der Waals surface area (Å²) in [6.45, 7) is 3.90. The Morgan fingerprint density at radius 3 is 2.17 bits per heavy atom. The molecule has 1 aromatic carbocycles. The Morgan fingerprint density at radius 2 is 1.50 bits per heavy atom. The van der Waals surface area contributed by atoms with Gasteiger partial charge in [0.2, 0.25) is 5.95 Å². The average molecular weight is 322 g/mol. The molecule has 3 heterocycles. The van der Waals surface area contributed by atoms with Crippen LogP contribution in [0.4, 0.5) is 11.6 Å². The number of aryl methyl sites for hydroxylation is 1. The topological polar surface area (TPSA) is 42.1 Å². The molecule has 24 heavy (non-hydrogen) atoms. The van der Waals surface area contributed by atoms with Crippen LogP contribution in [0.5, 0.6) is 0 Å². The van der Waals surface area contributed by atoms with Crippen molar-refractivity contribution in [3.05, 3.63) is 48.7 Å². The van der Waals surface area contributed by atoms with E-state index < -0.39 is 0 Å². The van der Waals surface area contributed by atoms with E-state index in [0.29, 0.717) is 0 Å². The van der Waals surface area contributed by atoms with E-state index in [4.69, 9.17) is 0 Å². The van der Waals surface area contributed by atoms with E-state index in [2.05, 4.69) is 65.5 Å². The van der Waals surface area contributed by atoms with Gasteiger partial charge in [0.1, 0.15) is 0 Å². The first-order valence-electron chi connectivity index (χ1n) is 8.30. The molecule has 0 unspecified atom stereocenters. The highest BCUT2D eigenvalue weighted by atomic mass is 15.4. The van der Waals surface area contributed by atoms with Crippen LogP contribution in [-0.4, -0.2) is 45.5 Å². The van der Waals surface area contributed by atoms with Crippen LogP contribution in [0.1, 0.15) is 0 Å². The van der Waals surface area contributed by atoms with Gasteiger partial charge in [0.25, 0.3) is 0 Å². The zero-order chi connectivity index (χ0) is 16.5. The Kier molecular flexibility index (Phi) is 3.72. The summed E-state index contributed by atoms with van der Waals surface area (Å²) in [5, 5.41) is 8.85. The number of para-hydroxylation sites is 1. The van der Waals surface area contributed by atoms with Crippen LogP contribution in [0.3, 0.4) is 0 Å². The second-order valence-corrected chi connectivity index (χ2v) is 6.20. The highest BCUT2D eigenvalue weighted by molar-refractivity contribution is 5.54. The summed E-state index contributed by atoms with van der Waals surface area (Å²) in [6.07, 6.45) is 2.03. The molecule has 1 saturated heterocycles. The number of nitrogens with zero attached hydrogens (tertiary/aromatic N) is 6. The molecule has 6 nitrogen and oxygen atoms in total. The predicted octanol–water partition coefficient (Wildman–Crippen LogP) is 2.15. The second-order valence-electron chi connectivity index (χ2n) is 6.20. The van der Waals surface area contributed by atoms with Crippen molar-refractivity contribution in [2.45, 2.75) is 0 Å². The molecule has 0 radical (unpaired) electrons. The third kappa shape index (κ3) is 2.54. The van der Waals surface area contributed by atoms with Gasteiger partial charge < -0.3 is 14.4 Å². The fraction of sp³-hybridized carbons (Fsp3) is 0.333. The summed E-state index contributed by atoms with van der Waals surface area (Å²) in [6, 6.07) is 14.7. The van der Waals surface area contributed by atoms with Crippen LogP contribution in [0.15, 0.2) is 48.7 Å². The van der Waals surface area contributed by atoms with Gasteiger partial charge in [-0.2, -0.15) is 0 Å². The number of hydrogen-bond acceptors (Lipinski definition) is 4. The lowest BCUT2D eigenvalue weighted by Gasteiger charge is -2.36. The summed E-state index contributed by atoms with van der Waals surface area (Å²) < 4.78 is 4.16. The number of hydrogen-bond donors (Lipinski definition) is 0. The fourth-order valence-corrected chi connectivity index (χ4v) is 3.32. The van der Waals surface area contributed by atoms with Gasteiger partial charge >= 0.3 is 0 Å². The van der Waals surface area contributed by atoms with E-state index >= 15 is 0 Å². The highest BCUT2D eigenvalue weighted by Crippen LogP contribution is 2.23. The zero-order valence-corrected chi connectivity index (χ0v) is 14.1. The summed E-state index contributed by atoms with van der Waals surface area (Å²) >= 11 is 0. The molecule has 0 bridgehead atoms. The van der Waals surface area contributed by atoms with Gasteiger partial charge in [0.05, 0.1) is 5.69 Å². The fourth-order valence-electron chi connectivity index (χ4n) is 3.32. The van der Waals surface area contributed by atoms with E-state index in [9.17, 15) is 0 Å². The van der Waals surface area contributed by atoms with Gasteiger partial charge in [-0.05, 0) is 24.3 Å². The van der Waals surface area contributed by atoms with Crippen LogP contribution >= 0.6 is 0 Å². The molecule has 0 saturated carbocycles. The SMILES string of the molecule is Cn1cccc1-c1nnc(N2CCN(c3ccccc3)CC2)n1C. The van der Waals surface area contributed by atoms with E-state index in [1.807, 2.05) is 26.4 Å². The minimum absolute atomic E-state index is 0.906. The first-order valence-corrected chi connectivity index (χ1v) is 8.30. The molecule has 4 rings (SSSR count). The Balaban J connectivity index is 1.51. The molecule has 0 atom stereocenters. The first kappa shape index (κ1) is 14.8. The smallest absolute Gasteiger partial charge is 0.227 e. The normalized spacial score (nSPS) is 15.1. The van der Waals surface area contributed by atoms with E-state index in [0.717, 1.165) is 43.6 Å². The minimum atomic E-state index is 0.906. The monoisotopic (exact) mass is 322 g/mol. The van der Waals surface area contributed by atoms with E-state index in [-0.39, 0.29) is 0 Å².